The first-order chi connectivity index (χ1) is 3.48. The zero-order valence-electron chi connectivity index (χ0n) is 5.18. The van der Waals surface area contributed by atoms with Gasteiger partial charge in [-0.15, -0.1) is 0 Å². The van der Waals surface area contributed by atoms with Gasteiger partial charge in [0.1, 0.15) is 0 Å². The van der Waals surface area contributed by atoms with Gasteiger partial charge in [-0.2, -0.15) is 9.21 Å². The maximum Gasteiger partial charge on any atom is 0.0768 e. The zero-order chi connectivity index (χ0) is 6.78. The van der Waals surface area contributed by atoms with Crippen LogP contribution in [0.3, 0.4) is 0 Å². The van der Waals surface area contributed by atoms with E-state index in [0.717, 1.165) is 0 Å². The first-order valence-electron chi connectivity index (χ1n) is 2.08. The Morgan fingerprint density at radius 1 is 1.50 bits per heavy atom. The van der Waals surface area contributed by atoms with E-state index in [1.54, 1.807) is 0 Å². The van der Waals surface area contributed by atoms with Crippen molar-refractivity contribution >= 4 is 27.7 Å². The van der Waals surface area contributed by atoms with E-state index in [9.17, 15) is 0 Å². The molecule has 0 heterocycles. The topological polar surface area (TPSA) is 12.4 Å². The fourth-order valence-electron chi connectivity index (χ4n) is 0.156. The molecule has 0 amide bonds. The Bertz CT molecular complexity index is 197. The number of hydrogen-bond acceptors (Lipinski definition) is 1. The molecule has 2 heteroatoms. The van der Waals surface area contributed by atoms with Crippen molar-refractivity contribution in [3.63, 3.8) is 0 Å². The van der Waals surface area contributed by atoms with Gasteiger partial charge in [-0.3, -0.25) is 4.99 Å². The summed E-state index contributed by atoms with van der Waals surface area (Å²) < 4.78 is 0. The second kappa shape index (κ2) is 2.18. The summed E-state index contributed by atoms with van der Waals surface area (Å²) in [6.07, 6.45) is 1.92. The number of nitrogens with zero attached hydrogens (tertiary/aromatic N) is 1. The summed E-state index contributed by atoms with van der Waals surface area (Å²) in [5.41, 5.74) is 0. The molecule has 0 aromatic heterocycles. The molecule has 1 nitrogen and oxygen atoms in total. The Kier molecular flexibility index (Phi) is 2.04. The third-order valence-electron chi connectivity index (χ3n) is 0.745. The van der Waals surface area contributed by atoms with Crippen molar-refractivity contribution < 1.29 is 0 Å². The summed E-state index contributed by atoms with van der Waals surface area (Å²) >= 11 is 0. The van der Waals surface area contributed by atoms with Crippen LogP contribution in [0.2, 0.25) is 0 Å². The van der Waals surface area contributed by atoms with E-state index in [1.165, 1.54) is 0 Å². The molecule has 0 aliphatic heterocycles. The van der Waals surface area contributed by atoms with E-state index in [1.807, 2.05) is 6.26 Å². The molecular formula is C6H11NS. The first kappa shape index (κ1) is 7.50. The predicted octanol–water partition coefficient (Wildman–Crippen LogP) is 1.46. The molecule has 0 bridgehead atoms. The molecule has 8 heavy (non-hydrogen) atoms. The summed E-state index contributed by atoms with van der Waals surface area (Å²) in [6, 6.07) is 0. The van der Waals surface area contributed by atoms with E-state index in [2.05, 4.69) is 30.0 Å². The minimum absolute atomic E-state index is 0.706. The normalized spacial score (nSPS) is 10.6. The predicted molar refractivity (Wildman–Crippen MR) is 46.4 cm³/mol. The van der Waals surface area contributed by atoms with Gasteiger partial charge in [0.05, 0.1) is 5.03 Å². The quantitative estimate of drug-likeness (QED) is 0.395. The molecule has 0 aromatic carbocycles. The molecule has 0 atom stereocenters. The average Bonchev–Trinajstić information content (AvgIpc) is 1.62. The van der Waals surface area contributed by atoms with Crippen molar-refractivity contribution in [1.82, 2.24) is 0 Å². The maximum atomic E-state index is 3.78. The summed E-state index contributed by atoms with van der Waals surface area (Å²) in [4.78, 5) is 3.63. The van der Waals surface area contributed by atoms with Crippen LogP contribution in [0.4, 0.5) is 0 Å². The molecule has 0 aliphatic carbocycles. The molecule has 0 radical (unpaired) electrons. The molecule has 0 saturated heterocycles. The van der Waals surface area contributed by atoms with E-state index < -0.39 is 9.21 Å². The molecule has 0 N–H and O–H groups in total. The highest BCUT2D eigenvalue weighted by Crippen LogP contribution is 2.23. The highest BCUT2D eigenvalue weighted by Gasteiger charge is 1.87. The number of rotatable bonds is 2. The number of aliphatic imine (C=N–C) groups is 1. The van der Waals surface area contributed by atoms with Crippen molar-refractivity contribution in [2.75, 3.05) is 6.26 Å². The highest BCUT2D eigenvalue weighted by atomic mass is 32.2. The monoisotopic (exact) mass is 129 g/mol. The van der Waals surface area contributed by atoms with Gasteiger partial charge >= 0.3 is 0 Å². The van der Waals surface area contributed by atoms with Gasteiger partial charge in [0.2, 0.25) is 0 Å². The summed E-state index contributed by atoms with van der Waals surface area (Å²) in [7, 11) is -1.18. The molecule has 0 unspecified atom stereocenters. The van der Waals surface area contributed by atoms with Crippen LogP contribution < -0.4 is 0 Å². The van der Waals surface area contributed by atoms with Gasteiger partial charge < -0.3 is 0 Å². The molecule has 0 rings (SSSR count). The van der Waals surface area contributed by atoms with Crippen LogP contribution in [0.15, 0.2) is 16.6 Å². The molecule has 0 aliphatic rings. The fraction of sp³-hybridized carbons (Fsp3) is 0.167. The second-order valence-electron chi connectivity index (χ2n) is 1.83. The Morgan fingerprint density at radius 2 is 1.88 bits per heavy atom. The fourth-order valence-corrected chi connectivity index (χ4v) is 0.468. The first-order valence-corrected chi connectivity index (χ1v) is 4.46. The van der Waals surface area contributed by atoms with Gasteiger partial charge in [-0.05, 0) is 13.0 Å². The van der Waals surface area contributed by atoms with Gasteiger partial charge in [-0.1, -0.05) is 18.3 Å². The van der Waals surface area contributed by atoms with Crippen LogP contribution in [-0.2, 0) is 0 Å². The van der Waals surface area contributed by atoms with Crippen LogP contribution in [0.25, 0.3) is 0 Å². The van der Waals surface area contributed by atoms with Crippen molar-refractivity contribution in [3.05, 3.63) is 11.6 Å². The maximum absolute atomic E-state index is 3.78. The molecule has 0 fully saturated rings. The number of hydrogen-bond donors (Lipinski definition) is 0. The minimum Gasteiger partial charge on any atom is -0.259 e. The largest absolute Gasteiger partial charge is 0.259 e. The Hall–Kier alpha value is -0.500. The highest BCUT2D eigenvalue weighted by molar-refractivity contribution is 8.30. The smallest absolute Gasteiger partial charge is 0.0768 e. The molecule has 0 saturated carbocycles. The van der Waals surface area contributed by atoms with Crippen molar-refractivity contribution in [1.29, 1.82) is 0 Å². The van der Waals surface area contributed by atoms with Gasteiger partial charge in [0.15, 0.2) is 0 Å². The third kappa shape index (κ3) is 1.98. The Balaban J connectivity index is 4.53. The van der Waals surface area contributed by atoms with Gasteiger partial charge in [0, 0.05) is 0 Å². The van der Waals surface area contributed by atoms with Crippen LogP contribution in [0.1, 0.15) is 0 Å². The SMILES string of the molecule is C=NC(=C)S(=C)(=C)C. The van der Waals surface area contributed by atoms with E-state index in [-0.39, 0.29) is 0 Å². The van der Waals surface area contributed by atoms with E-state index >= 15 is 0 Å². The summed E-state index contributed by atoms with van der Waals surface area (Å²) in [5.74, 6) is 7.56. The van der Waals surface area contributed by atoms with Crippen LogP contribution in [0.5, 0.6) is 0 Å². The lowest BCUT2D eigenvalue weighted by molar-refractivity contribution is 1.59. The average molecular weight is 129 g/mol. The molecule has 0 aromatic rings. The molecule has 0 spiro atoms. The standard InChI is InChI=1S/C6H11NS/c1-6(7-2)8(3,4)5/h1-4H2,5H3. The zero-order valence-corrected chi connectivity index (χ0v) is 6.00. The second-order valence-corrected chi connectivity index (χ2v) is 4.85. The van der Waals surface area contributed by atoms with Gasteiger partial charge in [-0.25, -0.2) is 0 Å². The van der Waals surface area contributed by atoms with E-state index in [0.29, 0.717) is 5.03 Å². The van der Waals surface area contributed by atoms with Crippen LogP contribution in [0, 0.1) is 0 Å². The lowest BCUT2D eigenvalue weighted by atomic mass is 11.0. The van der Waals surface area contributed by atoms with Crippen molar-refractivity contribution in [2.45, 2.75) is 0 Å². The van der Waals surface area contributed by atoms with E-state index in [4.69, 9.17) is 0 Å². The van der Waals surface area contributed by atoms with Crippen LogP contribution >= 0.6 is 9.21 Å². The molecular weight excluding hydrogens is 118 g/mol. The van der Waals surface area contributed by atoms with Crippen LogP contribution in [-0.4, -0.2) is 24.7 Å². The Labute approximate surface area is 51.2 Å². The summed E-state index contributed by atoms with van der Waals surface area (Å²) in [6.45, 7) is 6.95. The summed E-state index contributed by atoms with van der Waals surface area (Å²) in [5, 5.41) is 0.706. The Morgan fingerprint density at radius 3 is 1.88 bits per heavy atom. The van der Waals surface area contributed by atoms with Gasteiger partial charge in [0.25, 0.3) is 0 Å². The molecule has 46 valence electrons. The minimum atomic E-state index is -1.18. The lowest BCUT2D eigenvalue weighted by Crippen LogP contribution is -1.72. The van der Waals surface area contributed by atoms with Crippen molar-refractivity contribution in [3.8, 4) is 0 Å². The lowest BCUT2D eigenvalue weighted by Gasteiger charge is -2.03. The third-order valence-corrected chi connectivity index (χ3v) is 2.01. The van der Waals surface area contributed by atoms with Crippen molar-refractivity contribution in [2.24, 2.45) is 4.99 Å².